The highest BCUT2D eigenvalue weighted by Crippen LogP contribution is 2.13. The molecule has 66 valence electrons. The number of amides is 1. The fourth-order valence-corrected chi connectivity index (χ4v) is 1.37. The molecule has 5 heteroatoms. The van der Waals surface area contributed by atoms with Crippen LogP contribution >= 0.6 is 0 Å². The third kappa shape index (κ3) is 2.13. The van der Waals surface area contributed by atoms with Gasteiger partial charge in [0.25, 0.3) is 0 Å². The van der Waals surface area contributed by atoms with Crippen molar-refractivity contribution in [3.05, 3.63) is 10.4 Å². The quantitative estimate of drug-likeness (QED) is 0.330. The van der Waals surface area contributed by atoms with Gasteiger partial charge in [0.15, 0.2) is 0 Å². The second kappa shape index (κ2) is 3.97. The molecular formula is C7H12N4O. The number of likely N-dealkylation sites (tertiary alicyclic amines) is 1. The Bertz CT molecular complexity index is 203. The van der Waals surface area contributed by atoms with Crippen LogP contribution in [0, 0.1) is 0 Å². The molecule has 0 aromatic heterocycles. The zero-order chi connectivity index (χ0) is 8.97. The van der Waals surface area contributed by atoms with Crippen LogP contribution in [0.4, 0.5) is 0 Å². The lowest BCUT2D eigenvalue weighted by Crippen LogP contribution is -2.38. The predicted octanol–water partition coefficient (Wildman–Crippen LogP) is 1.31. The Labute approximate surface area is 71.0 Å². The molecule has 0 bridgehead atoms. The van der Waals surface area contributed by atoms with Crippen molar-refractivity contribution in [2.24, 2.45) is 5.11 Å². The summed E-state index contributed by atoms with van der Waals surface area (Å²) in [4.78, 5) is 15.4. The third-order valence-electron chi connectivity index (χ3n) is 2.12. The van der Waals surface area contributed by atoms with E-state index in [9.17, 15) is 4.79 Å². The van der Waals surface area contributed by atoms with Crippen molar-refractivity contribution in [3.63, 3.8) is 0 Å². The molecule has 1 heterocycles. The first-order chi connectivity index (χ1) is 5.74. The van der Waals surface area contributed by atoms with Crippen LogP contribution in [0.1, 0.15) is 19.8 Å². The molecule has 0 aromatic rings. The van der Waals surface area contributed by atoms with Crippen molar-refractivity contribution in [2.45, 2.75) is 25.8 Å². The number of hydrogen-bond acceptors (Lipinski definition) is 2. The summed E-state index contributed by atoms with van der Waals surface area (Å²) in [5.41, 5.74) is 8.17. The first-order valence-electron chi connectivity index (χ1n) is 4.03. The fourth-order valence-electron chi connectivity index (χ4n) is 1.37. The van der Waals surface area contributed by atoms with Gasteiger partial charge in [-0.05, 0) is 18.4 Å². The van der Waals surface area contributed by atoms with Gasteiger partial charge in [0.2, 0.25) is 5.91 Å². The van der Waals surface area contributed by atoms with E-state index in [4.69, 9.17) is 5.53 Å². The number of carbonyl (C=O) groups is 1. The molecule has 0 radical (unpaired) electrons. The Morgan fingerprint density at radius 2 is 2.17 bits per heavy atom. The molecule has 5 nitrogen and oxygen atoms in total. The first-order valence-corrected chi connectivity index (χ1v) is 4.03. The van der Waals surface area contributed by atoms with E-state index >= 15 is 0 Å². The number of nitrogens with zero attached hydrogens (tertiary/aromatic N) is 4. The van der Waals surface area contributed by atoms with Crippen molar-refractivity contribution in [1.29, 1.82) is 0 Å². The predicted molar refractivity (Wildman–Crippen MR) is 44.4 cm³/mol. The van der Waals surface area contributed by atoms with Gasteiger partial charge in [-0.25, -0.2) is 0 Å². The maximum atomic E-state index is 10.9. The lowest BCUT2D eigenvalue weighted by Gasteiger charge is -2.28. The van der Waals surface area contributed by atoms with E-state index in [0.717, 1.165) is 25.9 Å². The summed E-state index contributed by atoms with van der Waals surface area (Å²) in [7, 11) is 0. The molecule has 0 N–H and O–H groups in total. The summed E-state index contributed by atoms with van der Waals surface area (Å²) in [6.45, 7) is 3.01. The Morgan fingerprint density at radius 3 is 2.58 bits per heavy atom. The molecule has 1 saturated heterocycles. The van der Waals surface area contributed by atoms with Crippen molar-refractivity contribution in [2.75, 3.05) is 13.1 Å². The van der Waals surface area contributed by atoms with Crippen LogP contribution in [-0.4, -0.2) is 29.9 Å². The van der Waals surface area contributed by atoms with Crippen LogP contribution in [0.25, 0.3) is 10.4 Å². The zero-order valence-electron chi connectivity index (χ0n) is 7.10. The standard InChI is InChI=1S/C7H12N4O/c1-6(12)11-4-2-7(3-5-11)9-10-8/h7H,2-5H2,1H3. The lowest BCUT2D eigenvalue weighted by molar-refractivity contribution is -0.129. The molecule has 1 aliphatic rings. The molecule has 0 unspecified atom stereocenters. The van der Waals surface area contributed by atoms with Gasteiger partial charge in [-0.1, -0.05) is 5.11 Å². The van der Waals surface area contributed by atoms with Gasteiger partial charge in [-0.2, -0.15) is 0 Å². The molecule has 1 amide bonds. The second-order valence-electron chi connectivity index (χ2n) is 2.94. The topological polar surface area (TPSA) is 69.1 Å². The normalized spacial score (nSPS) is 18.6. The summed E-state index contributed by atoms with van der Waals surface area (Å²) in [6.07, 6.45) is 1.59. The molecule has 1 rings (SSSR count). The molecule has 0 spiro atoms. The van der Waals surface area contributed by atoms with E-state index in [2.05, 4.69) is 10.0 Å². The van der Waals surface area contributed by atoms with E-state index in [1.165, 1.54) is 0 Å². The molecule has 0 atom stereocenters. The average Bonchev–Trinajstić information content (AvgIpc) is 2.06. The molecule has 0 aromatic carbocycles. The smallest absolute Gasteiger partial charge is 0.219 e. The van der Waals surface area contributed by atoms with Crippen molar-refractivity contribution < 1.29 is 4.79 Å². The minimum absolute atomic E-state index is 0.0885. The Hall–Kier alpha value is -1.22. The molecule has 0 saturated carbocycles. The molecular weight excluding hydrogens is 156 g/mol. The monoisotopic (exact) mass is 168 g/mol. The van der Waals surface area contributed by atoms with Crippen molar-refractivity contribution >= 4 is 5.91 Å². The van der Waals surface area contributed by atoms with Crippen LogP contribution in [0.5, 0.6) is 0 Å². The first kappa shape index (κ1) is 8.87. The van der Waals surface area contributed by atoms with Crippen LogP contribution in [-0.2, 0) is 4.79 Å². The fraction of sp³-hybridized carbons (Fsp3) is 0.857. The Morgan fingerprint density at radius 1 is 1.58 bits per heavy atom. The van der Waals surface area contributed by atoms with Gasteiger partial charge >= 0.3 is 0 Å². The third-order valence-corrected chi connectivity index (χ3v) is 2.12. The van der Waals surface area contributed by atoms with Crippen molar-refractivity contribution in [3.8, 4) is 0 Å². The summed E-state index contributed by atoms with van der Waals surface area (Å²) in [5, 5.41) is 3.62. The number of azide groups is 1. The molecule has 1 fully saturated rings. The van der Waals surface area contributed by atoms with Gasteiger partial charge in [0, 0.05) is 31.0 Å². The van der Waals surface area contributed by atoms with E-state index in [1.807, 2.05) is 0 Å². The van der Waals surface area contributed by atoms with Gasteiger partial charge in [0.1, 0.15) is 0 Å². The Balaban J connectivity index is 2.39. The van der Waals surface area contributed by atoms with Crippen LogP contribution in [0.15, 0.2) is 5.11 Å². The summed E-state index contributed by atoms with van der Waals surface area (Å²) < 4.78 is 0. The van der Waals surface area contributed by atoms with Gasteiger partial charge in [-0.15, -0.1) is 0 Å². The molecule has 1 aliphatic heterocycles. The maximum Gasteiger partial charge on any atom is 0.219 e. The highest BCUT2D eigenvalue weighted by Gasteiger charge is 2.18. The van der Waals surface area contributed by atoms with E-state index in [-0.39, 0.29) is 11.9 Å². The van der Waals surface area contributed by atoms with Gasteiger partial charge in [0.05, 0.1) is 0 Å². The van der Waals surface area contributed by atoms with Gasteiger partial charge < -0.3 is 4.90 Å². The minimum atomic E-state index is 0.0885. The summed E-state index contributed by atoms with van der Waals surface area (Å²) in [5.74, 6) is 0.106. The largest absolute Gasteiger partial charge is 0.343 e. The number of hydrogen-bond donors (Lipinski definition) is 0. The minimum Gasteiger partial charge on any atom is -0.343 e. The summed E-state index contributed by atoms with van der Waals surface area (Å²) in [6, 6.07) is 0.0885. The van der Waals surface area contributed by atoms with E-state index in [0.29, 0.717) is 0 Å². The average molecular weight is 168 g/mol. The van der Waals surface area contributed by atoms with E-state index in [1.54, 1.807) is 11.8 Å². The number of rotatable bonds is 1. The number of carbonyl (C=O) groups excluding carboxylic acids is 1. The zero-order valence-corrected chi connectivity index (χ0v) is 7.10. The van der Waals surface area contributed by atoms with Crippen LogP contribution < -0.4 is 0 Å². The Kier molecular flexibility index (Phi) is 2.94. The highest BCUT2D eigenvalue weighted by atomic mass is 16.2. The summed E-state index contributed by atoms with van der Waals surface area (Å²) >= 11 is 0. The van der Waals surface area contributed by atoms with Crippen LogP contribution in [0.3, 0.4) is 0 Å². The SMILES string of the molecule is CC(=O)N1CCC(N=[N+]=[N-])CC1. The number of piperidine rings is 1. The van der Waals surface area contributed by atoms with Crippen molar-refractivity contribution in [1.82, 2.24) is 4.90 Å². The van der Waals surface area contributed by atoms with E-state index < -0.39 is 0 Å². The maximum absolute atomic E-state index is 10.9. The van der Waals surface area contributed by atoms with Crippen LogP contribution in [0.2, 0.25) is 0 Å². The second-order valence-corrected chi connectivity index (χ2v) is 2.94. The lowest BCUT2D eigenvalue weighted by atomic mass is 10.1. The molecule has 0 aliphatic carbocycles. The van der Waals surface area contributed by atoms with Gasteiger partial charge in [-0.3, -0.25) is 4.79 Å². The molecule has 12 heavy (non-hydrogen) atoms. The highest BCUT2D eigenvalue weighted by molar-refractivity contribution is 5.73.